The second kappa shape index (κ2) is 5.73. The molecule has 3 rings (SSSR count). The van der Waals surface area contributed by atoms with Crippen LogP contribution in [-0.4, -0.2) is 35.8 Å². The van der Waals surface area contributed by atoms with E-state index in [1.165, 1.54) is 16.4 Å². The molecule has 1 fully saturated rings. The summed E-state index contributed by atoms with van der Waals surface area (Å²) in [7, 11) is -2.60. The fourth-order valence-electron chi connectivity index (χ4n) is 3.00. The van der Waals surface area contributed by atoms with E-state index in [1.54, 1.807) is 7.05 Å². The summed E-state index contributed by atoms with van der Waals surface area (Å²) in [6.45, 7) is 1.49. The lowest BCUT2D eigenvalue weighted by Gasteiger charge is -2.16. The van der Waals surface area contributed by atoms with Crippen LogP contribution in [0.1, 0.15) is 12.0 Å². The smallest absolute Gasteiger partial charge is 0.299 e. The quantitative estimate of drug-likeness (QED) is 0.868. The summed E-state index contributed by atoms with van der Waals surface area (Å²) in [5.74, 6) is 0.805. The van der Waals surface area contributed by atoms with Gasteiger partial charge in [-0.15, -0.1) is 0 Å². The molecular weight excluding hydrogens is 302 g/mol. The largest absolute Gasteiger partial charge is 0.354 e. The lowest BCUT2D eigenvalue weighted by molar-refractivity contribution is 0.483. The maximum Gasteiger partial charge on any atom is 0.299 e. The number of rotatable bonds is 4. The molecule has 0 spiro atoms. The topological polar surface area (TPSA) is 75.4 Å². The van der Waals surface area contributed by atoms with Gasteiger partial charge in [-0.05, 0) is 24.3 Å². The normalized spacial score (nSPS) is 18.8. The van der Waals surface area contributed by atoms with Crippen LogP contribution < -0.4 is 4.90 Å². The van der Waals surface area contributed by atoms with Crippen molar-refractivity contribution < 1.29 is 13.0 Å². The highest BCUT2D eigenvalue weighted by molar-refractivity contribution is 7.86. The Hall–Kier alpha value is -1.86. The number of benzene rings is 1. The van der Waals surface area contributed by atoms with Gasteiger partial charge in [0.25, 0.3) is 10.1 Å². The van der Waals surface area contributed by atoms with Crippen LogP contribution in [0.2, 0.25) is 0 Å². The summed E-state index contributed by atoms with van der Waals surface area (Å²) in [6, 6.07) is 10.3. The first kappa shape index (κ1) is 15.1. The number of hydrogen-bond donors (Lipinski definition) is 1. The van der Waals surface area contributed by atoms with Crippen molar-refractivity contribution in [3.8, 4) is 0 Å². The lowest BCUT2D eigenvalue weighted by atomic mass is 9.99. The number of hydrogen-bond acceptors (Lipinski definition) is 4. The molecule has 1 aliphatic rings. The molecule has 1 aromatic heterocycles. The highest BCUT2D eigenvalue weighted by atomic mass is 32.2. The van der Waals surface area contributed by atoms with Gasteiger partial charge in [-0.3, -0.25) is 9.23 Å². The second-order valence-electron chi connectivity index (χ2n) is 5.76. The molecule has 2 heterocycles. The minimum absolute atomic E-state index is 0.115. The van der Waals surface area contributed by atoms with Crippen molar-refractivity contribution in [2.75, 3.05) is 18.0 Å². The standard InChI is InChI=1S/C15H19N3O3S/c1-17-11-14(22(19,20)21)15(16-17)18-8-7-13(10-18)9-12-5-3-2-4-6-12/h2-6,11,13H,7-10H2,1H3,(H,19,20,21). The van der Waals surface area contributed by atoms with Crippen LogP contribution in [0, 0.1) is 5.92 Å². The third-order valence-electron chi connectivity index (χ3n) is 4.01. The van der Waals surface area contributed by atoms with E-state index < -0.39 is 10.1 Å². The first-order valence-electron chi connectivity index (χ1n) is 7.23. The molecule has 1 aromatic carbocycles. The highest BCUT2D eigenvalue weighted by Crippen LogP contribution is 2.29. The van der Waals surface area contributed by atoms with Gasteiger partial charge in [0.1, 0.15) is 0 Å². The molecule has 118 valence electrons. The average molecular weight is 321 g/mol. The molecular formula is C15H19N3O3S. The summed E-state index contributed by atoms with van der Waals surface area (Å²) in [5.41, 5.74) is 1.28. The van der Waals surface area contributed by atoms with Gasteiger partial charge in [-0.25, -0.2) is 0 Å². The molecule has 0 amide bonds. The van der Waals surface area contributed by atoms with E-state index >= 15 is 0 Å². The van der Waals surface area contributed by atoms with E-state index in [9.17, 15) is 13.0 Å². The molecule has 0 radical (unpaired) electrons. The monoisotopic (exact) mass is 321 g/mol. The van der Waals surface area contributed by atoms with Gasteiger partial charge in [0.15, 0.2) is 10.7 Å². The van der Waals surface area contributed by atoms with Gasteiger partial charge in [0.2, 0.25) is 0 Å². The Morgan fingerprint density at radius 2 is 2.05 bits per heavy atom. The molecule has 22 heavy (non-hydrogen) atoms. The fraction of sp³-hybridized carbons (Fsp3) is 0.400. The van der Waals surface area contributed by atoms with Gasteiger partial charge in [-0.2, -0.15) is 13.5 Å². The van der Waals surface area contributed by atoms with E-state index in [0.29, 0.717) is 11.7 Å². The van der Waals surface area contributed by atoms with Crippen molar-refractivity contribution >= 4 is 15.9 Å². The van der Waals surface area contributed by atoms with Crippen LogP contribution in [-0.2, 0) is 23.6 Å². The van der Waals surface area contributed by atoms with Crippen molar-refractivity contribution in [3.63, 3.8) is 0 Å². The Labute approximate surface area is 130 Å². The summed E-state index contributed by atoms with van der Waals surface area (Å²) >= 11 is 0. The molecule has 0 bridgehead atoms. The number of aromatic nitrogens is 2. The Kier molecular flexibility index (Phi) is 3.92. The highest BCUT2D eigenvalue weighted by Gasteiger charge is 2.29. The van der Waals surface area contributed by atoms with Gasteiger partial charge >= 0.3 is 0 Å². The van der Waals surface area contributed by atoms with Crippen molar-refractivity contribution in [2.45, 2.75) is 17.7 Å². The maximum atomic E-state index is 11.5. The number of nitrogens with zero attached hydrogens (tertiary/aromatic N) is 3. The first-order chi connectivity index (χ1) is 10.4. The maximum absolute atomic E-state index is 11.5. The molecule has 6 nitrogen and oxygen atoms in total. The van der Waals surface area contributed by atoms with E-state index in [0.717, 1.165) is 25.9 Å². The van der Waals surface area contributed by atoms with Crippen molar-refractivity contribution in [1.29, 1.82) is 0 Å². The molecule has 0 saturated carbocycles. The molecule has 1 unspecified atom stereocenters. The Balaban J connectivity index is 1.76. The van der Waals surface area contributed by atoms with Crippen LogP contribution in [0.5, 0.6) is 0 Å². The zero-order valence-electron chi connectivity index (χ0n) is 12.4. The van der Waals surface area contributed by atoms with Crippen molar-refractivity contribution in [1.82, 2.24) is 9.78 Å². The predicted octanol–water partition coefficient (Wildman–Crippen LogP) is 1.74. The van der Waals surface area contributed by atoms with Crippen LogP contribution >= 0.6 is 0 Å². The summed E-state index contributed by atoms with van der Waals surface area (Å²) < 4.78 is 33.7. The number of aryl methyl sites for hydroxylation is 1. The van der Waals surface area contributed by atoms with Gasteiger partial charge in [0.05, 0.1) is 0 Å². The minimum atomic E-state index is -4.25. The molecule has 1 N–H and O–H groups in total. The van der Waals surface area contributed by atoms with E-state index in [1.807, 2.05) is 23.1 Å². The Bertz CT molecular complexity index is 756. The molecule has 0 aliphatic carbocycles. The molecule has 1 atom stereocenters. The lowest BCUT2D eigenvalue weighted by Crippen LogP contribution is -2.22. The predicted molar refractivity (Wildman–Crippen MR) is 83.5 cm³/mol. The average Bonchev–Trinajstić information content (AvgIpc) is 3.06. The summed E-state index contributed by atoms with van der Waals surface area (Å²) in [6.07, 6.45) is 3.29. The van der Waals surface area contributed by atoms with Gasteiger partial charge < -0.3 is 4.90 Å². The Morgan fingerprint density at radius 3 is 2.73 bits per heavy atom. The molecule has 1 aliphatic heterocycles. The van der Waals surface area contributed by atoms with Gasteiger partial charge in [-0.1, -0.05) is 30.3 Å². The van der Waals surface area contributed by atoms with E-state index in [-0.39, 0.29) is 4.90 Å². The SMILES string of the molecule is Cn1cc(S(=O)(=O)O)c(N2CCC(Cc3ccccc3)C2)n1. The molecule has 1 saturated heterocycles. The van der Waals surface area contributed by atoms with Crippen LogP contribution in [0.3, 0.4) is 0 Å². The van der Waals surface area contributed by atoms with Crippen LogP contribution in [0.15, 0.2) is 41.4 Å². The molecule has 2 aromatic rings. The first-order valence-corrected chi connectivity index (χ1v) is 8.67. The third-order valence-corrected chi connectivity index (χ3v) is 4.85. The summed E-state index contributed by atoms with van der Waals surface area (Å²) in [5, 5.41) is 4.20. The zero-order chi connectivity index (χ0) is 15.7. The van der Waals surface area contributed by atoms with Crippen LogP contribution in [0.25, 0.3) is 0 Å². The third kappa shape index (κ3) is 3.15. The fourth-order valence-corrected chi connectivity index (χ4v) is 3.68. The van der Waals surface area contributed by atoms with E-state index in [4.69, 9.17) is 0 Å². The zero-order valence-corrected chi connectivity index (χ0v) is 13.2. The second-order valence-corrected chi connectivity index (χ2v) is 7.15. The van der Waals surface area contributed by atoms with Gasteiger partial charge in [0, 0.05) is 26.3 Å². The minimum Gasteiger partial charge on any atom is -0.354 e. The van der Waals surface area contributed by atoms with Crippen molar-refractivity contribution in [3.05, 3.63) is 42.1 Å². The van der Waals surface area contributed by atoms with Crippen molar-refractivity contribution in [2.24, 2.45) is 13.0 Å². The van der Waals surface area contributed by atoms with Crippen LogP contribution in [0.4, 0.5) is 5.82 Å². The molecule has 7 heteroatoms. The number of anilines is 1. The summed E-state index contributed by atoms with van der Waals surface area (Å²) in [4.78, 5) is 1.83. The van der Waals surface area contributed by atoms with E-state index in [2.05, 4.69) is 17.2 Å². The Morgan fingerprint density at radius 1 is 1.32 bits per heavy atom.